The van der Waals surface area contributed by atoms with Crippen LogP contribution in [0, 0.1) is 0 Å². The molecule has 0 aliphatic heterocycles. The highest BCUT2D eigenvalue weighted by Gasteiger charge is 2.14. The van der Waals surface area contributed by atoms with Gasteiger partial charge in [-0.25, -0.2) is 0 Å². The average molecular weight is 373 g/mol. The largest absolute Gasteiger partial charge is 0.366 e. The summed E-state index contributed by atoms with van der Waals surface area (Å²) in [6.07, 6.45) is 5.79. The second-order valence-corrected chi connectivity index (χ2v) is 6.44. The van der Waals surface area contributed by atoms with Crippen LogP contribution in [0.4, 0.5) is 0 Å². The number of rotatable bonds is 9. The van der Waals surface area contributed by atoms with Gasteiger partial charge in [0.2, 0.25) is 0 Å². The van der Waals surface area contributed by atoms with Crippen molar-refractivity contribution in [2.24, 2.45) is 5.73 Å². The predicted molar refractivity (Wildman–Crippen MR) is 108 cm³/mol. The predicted octanol–water partition coefficient (Wildman–Crippen LogP) is 2.90. The average Bonchev–Trinajstić information content (AvgIpc) is 2.70. The van der Waals surface area contributed by atoms with E-state index in [4.69, 9.17) is 5.73 Å². The van der Waals surface area contributed by atoms with Crippen LogP contribution in [-0.2, 0) is 26.1 Å². The second-order valence-electron chi connectivity index (χ2n) is 6.44. The highest BCUT2D eigenvalue weighted by atomic mass is 16.1. The summed E-state index contributed by atoms with van der Waals surface area (Å²) in [4.78, 5) is 27.4. The molecule has 2 N–H and O–H groups in total. The maximum absolute atomic E-state index is 11.6. The van der Waals surface area contributed by atoms with E-state index in [0.29, 0.717) is 37.3 Å². The van der Waals surface area contributed by atoms with Crippen molar-refractivity contribution >= 4 is 5.91 Å². The van der Waals surface area contributed by atoms with E-state index >= 15 is 0 Å². The summed E-state index contributed by atoms with van der Waals surface area (Å²) in [6.45, 7) is 5.65. The molecular weight excluding hydrogens is 350 g/mol. The zero-order valence-electron chi connectivity index (χ0n) is 15.7. The van der Waals surface area contributed by atoms with Crippen LogP contribution >= 0.6 is 0 Å². The lowest BCUT2D eigenvalue weighted by atomic mass is 10.1. The highest BCUT2D eigenvalue weighted by molar-refractivity contribution is 5.93. The van der Waals surface area contributed by atoms with E-state index in [1.807, 2.05) is 42.5 Å². The molecule has 3 heterocycles. The Labute approximate surface area is 164 Å². The highest BCUT2D eigenvalue weighted by Crippen LogP contribution is 2.14. The van der Waals surface area contributed by atoms with Crippen molar-refractivity contribution in [3.05, 3.63) is 102 Å². The number of carbonyl (C=O) groups excluding carboxylic acids is 1. The first-order chi connectivity index (χ1) is 13.7. The SMILES string of the molecule is C=CCc1nc(CN(Cc2ccccn2)Cc2ccccn2)ccc1C(N)=O. The van der Waals surface area contributed by atoms with E-state index in [2.05, 4.69) is 26.4 Å². The van der Waals surface area contributed by atoms with Crippen LogP contribution in [0.5, 0.6) is 0 Å². The summed E-state index contributed by atoms with van der Waals surface area (Å²) in [5, 5.41) is 0. The van der Waals surface area contributed by atoms with Crippen LogP contribution in [0.1, 0.15) is 33.1 Å². The van der Waals surface area contributed by atoms with Gasteiger partial charge in [-0.1, -0.05) is 18.2 Å². The molecule has 0 aliphatic rings. The number of nitrogens with zero attached hydrogens (tertiary/aromatic N) is 4. The number of primary amides is 1. The molecule has 0 saturated carbocycles. The molecule has 0 fully saturated rings. The summed E-state index contributed by atoms with van der Waals surface area (Å²) in [5.74, 6) is -0.477. The number of hydrogen-bond donors (Lipinski definition) is 1. The molecule has 0 bridgehead atoms. The van der Waals surface area contributed by atoms with Crippen molar-refractivity contribution in [2.75, 3.05) is 0 Å². The Bertz CT molecular complexity index is 887. The Morgan fingerprint density at radius 2 is 1.54 bits per heavy atom. The quantitative estimate of drug-likeness (QED) is 0.583. The molecule has 0 aromatic carbocycles. The number of carbonyl (C=O) groups is 1. The molecule has 0 saturated heterocycles. The Morgan fingerprint density at radius 3 is 2.04 bits per heavy atom. The Morgan fingerprint density at radius 1 is 0.929 bits per heavy atom. The van der Waals surface area contributed by atoms with E-state index in [9.17, 15) is 4.79 Å². The summed E-state index contributed by atoms with van der Waals surface area (Å²) in [7, 11) is 0. The van der Waals surface area contributed by atoms with Gasteiger partial charge in [0.25, 0.3) is 5.91 Å². The summed E-state index contributed by atoms with van der Waals surface area (Å²) < 4.78 is 0. The Hall–Kier alpha value is -3.38. The molecule has 1 amide bonds. The lowest BCUT2D eigenvalue weighted by Gasteiger charge is -2.22. The molecule has 0 atom stereocenters. The third kappa shape index (κ3) is 5.31. The number of aromatic nitrogens is 3. The van der Waals surface area contributed by atoms with Gasteiger partial charge in [0.1, 0.15) is 0 Å². The van der Waals surface area contributed by atoms with E-state index < -0.39 is 5.91 Å². The van der Waals surface area contributed by atoms with Gasteiger partial charge in [0.15, 0.2) is 0 Å². The van der Waals surface area contributed by atoms with Crippen molar-refractivity contribution < 1.29 is 4.79 Å². The summed E-state index contributed by atoms with van der Waals surface area (Å²) in [5.41, 5.74) is 9.34. The fourth-order valence-electron chi connectivity index (χ4n) is 2.99. The molecule has 142 valence electrons. The van der Waals surface area contributed by atoms with E-state index in [-0.39, 0.29) is 0 Å². The standard InChI is InChI=1S/C22H23N5O/c1-2-7-21-20(22(23)28)11-10-19(26-21)16-27(14-17-8-3-5-12-24-17)15-18-9-4-6-13-25-18/h2-6,8-13H,1,7,14-16H2,(H2,23,28). The number of hydrogen-bond acceptors (Lipinski definition) is 5. The minimum atomic E-state index is -0.477. The minimum absolute atomic E-state index is 0.435. The first-order valence-electron chi connectivity index (χ1n) is 9.07. The normalized spacial score (nSPS) is 10.8. The van der Waals surface area contributed by atoms with Gasteiger partial charge in [-0.2, -0.15) is 0 Å². The van der Waals surface area contributed by atoms with Crippen LogP contribution in [0.15, 0.2) is 73.6 Å². The monoisotopic (exact) mass is 373 g/mol. The third-order valence-electron chi connectivity index (χ3n) is 4.24. The zero-order chi connectivity index (χ0) is 19.8. The van der Waals surface area contributed by atoms with Crippen LogP contribution in [0.25, 0.3) is 0 Å². The van der Waals surface area contributed by atoms with Gasteiger partial charge in [0.05, 0.1) is 28.3 Å². The Balaban J connectivity index is 1.84. The van der Waals surface area contributed by atoms with Crippen LogP contribution in [-0.4, -0.2) is 25.8 Å². The molecular formula is C22H23N5O. The van der Waals surface area contributed by atoms with Crippen molar-refractivity contribution in [1.29, 1.82) is 0 Å². The van der Waals surface area contributed by atoms with E-state index in [1.165, 1.54) is 0 Å². The number of amides is 1. The number of nitrogens with two attached hydrogens (primary N) is 1. The first-order valence-corrected chi connectivity index (χ1v) is 9.07. The smallest absolute Gasteiger partial charge is 0.250 e. The summed E-state index contributed by atoms with van der Waals surface area (Å²) in [6, 6.07) is 15.3. The molecule has 6 nitrogen and oxygen atoms in total. The number of allylic oxidation sites excluding steroid dienone is 1. The van der Waals surface area contributed by atoms with Crippen molar-refractivity contribution in [3.63, 3.8) is 0 Å². The fraction of sp³-hybridized carbons (Fsp3) is 0.182. The molecule has 3 aromatic heterocycles. The molecule has 3 aromatic rings. The van der Waals surface area contributed by atoms with E-state index in [1.54, 1.807) is 24.5 Å². The minimum Gasteiger partial charge on any atom is -0.366 e. The molecule has 28 heavy (non-hydrogen) atoms. The molecule has 0 radical (unpaired) electrons. The lowest BCUT2D eigenvalue weighted by molar-refractivity contribution is 0.0999. The third-order valence-corrected chi connectivity index (χ3v) is 4.24. The first kappa shape index (κ1) is 19.4. The van der Waals surface area contributed by atoms with Gasteiger partial charge < -0.3 is 5.73 Å². The topological polar surface area (TPSA) is 85.0 Å². The van der Waals surface area contributed by atoms with Gasteiger partial charge in [0, 0.05) is 38.4 Å². The molecule has 3 rings (SSSR count). The lowest BCUT2D eigenvalue weighted by Crippen LogP contribution is -2.24. The van der Waals surface area contributed by atoms with Crippen molar-refractivity contribution in [3.8, 4) is 0 Å². The fourth-order valence-corrected chi connectivity index (χ4v) is 2.99. The van der Waals surface area contributed by atoms with Gasteiger partial charge >= 0.3 is 0 Å². The van der Waals surface area contributed by atoms with Crippen molar-refractivity contribution in [1.82, 2.24) is 19.9 Å². The Kier molecular flexibility index (Phi) is 6.59. The van der Waals surface area contributed by atoms with Crippen LogP contribution in [0.3, 0.4) is 0 Å². The van der Waals surface area contributed by atoms with Gasteiger partial charge in [-0.3, -0.25) is 24.6 Å². The molecule has 0 aliphatic carbocycles. The molecule has 0 spiro atoms. The van der Waals surface area contributed by atoms with Crippen molar-refractivity contribution in [2.45, 2.75) is 26.1 Å². The van der Waals surface area contributed by atoms with Gasteiger partial charge in [-0.05, 0) is 36.4 Å². The summed E-state index contributed by atoms with van der Waals surface area (Å²) >= 11 is 0. The van der Waals surface area contributed by atoms with Crippen LogP contribution in [0.2, 0.25) is 0 Å². The second kappa shape index (κ2) is 9.53. The molecule has 0 unspecified atom stereocenters. The van der Waals surface area contributed by atoms with Crippen LogP contribution < -0.4 is 5.73 Å². The maximum Gasteiger partial charge on any atom is 0.250 e. The van der Waals surface area contributed by atoms with Gasteiger partial charge in [-0.15, -0.1) is 6.58 Å². The zero-order valence-corrected chi connectivity index (χ0v) is 15.7. The molecule has 6 heteroatoms. The number of pyridine rings is 3. The van der Waals surface area contributed by atoms with E-state index in [0.717, 1.165) is 17.1 Å². The maximum atomic E-state index is 11.6.